The molecule has 0 atom stereocenters. The van der Waals surface area contributed by atoms with Gasteiger partial charge in [-0.25, -0.2) is 14.4 Å². The third-order valence-electron chi connectivity index (χ3n) is 2.89. The first-order chi connectivity index (χ1) is 12.4. The van der Waals surface area contributed by atoms with Crippen LogP contribution < -0.4 is 5.32 Å². The molecule has 0 aliphatic rings. The molecule has 0 heterocycles. The van der Waals surface area contributed by atoms with Crippen molar-refractivity contribution in [2.24, 2.45) is 0 Å². The summed E-state index contributed by atoms with van der Waals surface area (Å²) in [5, 5.41) is 2.46. The normalized spacial score (nSPS) is 10.3. The van der Waals surface area contributed by atoms with Gasteiger partial charge >= 0.3 is 17.9 Å². The Labute approximate surface area is 151 Å². The van der Waals surface area contributed by atoms with Gasteiger partial charge in [0.15, 0.2) is 6.61 Å². The van der Waals surface area contributed by atoms with Crippen molar-refractivity contribution in [1.82, 2.24) is 0 Å². The van der Waals surface area contributed by atoms with E-state index >= 15 is 0 Å². The molecule has 8 heteroatoms. The minimum Gasteiger partial charge on any atom is -0.462 e. The Morgan fingerprint density at radius 1 is 0.923 bits per heavy atom. The molecular weight excluding hydrogens is 342 g/mol. The summed E-state index contributed by atoms with van der Waals surface area (Å²) in [6.45, 7) is 4.74. The summed E-state index contributed by atoms with van der Waals surface area (Å²) in [6, 6.07) is 4.02. The van der Waals surface area contributed by atoms with Crippen molar-refractivity contribution in [3.05, 3.63) is 41.5 Å². The van der Waals surface area contributed by atoms with Crippen molar-refractivity contribution in [3.8, 4) is 0 Å². The molecule has 0 aliphatic heterocycles. The first-order valence-electron chi connectivity index (χ1n) is 7.99. The number of carbonyl (C=O) groups excluding carboxylic acids is 4. The fourth-order valence-corrected chi connectivity index (χ4v) is 1.88. The van der Waals surface area contributed by atoms with Crippen LogP contribution in [0.1, 0.15) is 41.5 Å². The fourth-order valence-electron chi connectivity index (χ4n) is 1.88. The molecule has 0 saturated heterocycles. The van der Waals surface area contributed by atoms with Crippen LogP contribution in [-0.4, -0.2) is 43.6 Å². The van der Waals surface area contributed by atoms with E-state index in [0.717, 1.165) is 0 Å². The lowest BCUT2D eigenvalue weighted by Crippen LogP contribution is -2.21. The van der Waals surface area contributed by atoms with Crippen LogP contribution in [0.3, 0.4) is 0 Å². The zero-order valence-electron chi connectivity index (χ0n) is 14.9. The van der Waals surface area contributed by atoms with E-state index < -0.39 is 30.4 Å². The average molecular weight is 363 g/mol. The van der Waals surface area contributed by atoms with E-state index in [0.29, 0.717) is 0 Å². The maximum atomic E-state index is 11.9. The lowest BCUT2D eigenvalue weighted by Gasteiger charge is -2.10. The second-order valence-corrected chi connectivity index (χ2v) is 4.90. The number of esters is 3. The summed E-state index contributed by atoms with van der Waals surface area (Å²) < 4.78 is 14.5. The number of allylic oxidation sites excluding steroid dienone is 1. The summed E-state index contributed by atoms with van der Waals surface area (Å²) in [6.07, 6.45) is 2.65. The van der Waals surface area contributed by atoms with Gasteiger partial charge in [0, 0.05) is 11.8 Å². The molecule has 1 rings (SSSR count). The third kappa shape index (κ3) is 6.76. The SMILES string of the molecule is C/C=C/C(=O)OCC(=O)Nc1cc(C(=O)OCC)cc(C(=O)OCC)c1. The van der Waals surface area contributed by atoms with E-state index in [1.165, 1.54) is 30.4 Å². The number of nitrogens with one attached hydrogen (secondary N) is 1. The van der Waals surface area contributed by atoms with Gasteiger partial charge in [-0.15, -0.1) is 0 Å². The van der Waals surface area contributed by atoms with E-state index in [-0.39, 0.29) is 30.0 Å². The monoisotopic (exact) mass is 363 g/mol. The molecule has 1 aromatic rings. The van der Waals surface area contributed by atoms with Gasteiger partial charge in [-0.2, -0.15) is 0 Å². The number of rotatable bonds is 8. The van der Waals surface area contributed by atoms with Gasteiger partial charge in [-0.05, 0) is 39.0 Å². The van der Waals surface area contributed by atoms with Crippen LogP contribution in [0.5, 0.6) is 0 Å². The lowest BCUT2D eigenvalue weighted by atomic mass is 10.1. The Kier molecular flexibility index (Phi) is 8.56. The molecular formula is C18H21NO7. The molecule has 0 fully saturated rings. The van der Waals surface area contributed by atoms with E-state index in [1.54, 1.807) is 20.8 Å². The zero-order valence-corrected chi connectivity index (χ0v) is 14.9. The number of anilines is 1. The largest absolute Gasteiger partial charge is 0.462 e. The Balaban J connectivity index is 2.97. The number of hydrogen-bond acceptors (Lipinski definition) is 7. The molecule has 0 saturated carbocycles. The van der Waals surface area contributed by atoms with Crippen LogP contribution in [0.4, 0.5) is 5.69 Å². The van der Waals surface area contributed by atoms with Gasteiger partial charge in [-0.3, -0.25) is 4.79 Å². The molecule has 0 spiro atoms. The van der Waals surface area contributed by atoms with Gasteiger partial charge in [0.2, 0.25) is 0 Å². The van der Waals surface area contributed by atoms with Crippen LogP contribution in [-0.2, 0) is 23.8 Å². The molecule has 1 N–H and O–H groups in total. The maximum Gasteiger partial charge on any atom is 0.338 e. The van der Waals surface area contributed by atoms with E-state index in [1.807, 2.05) is 0 Å². The van der Waals surface area contributed by atoms with Gasteiger partial charge in [0.05, 0.1) is 24.3 Å². The Morgan fingerprint density at radius 2 is 1.46 bits per heavy atom. The van der Waals surface area contributed by atoms with Crippen molar-refractivity contribution in [2.75, 3.05) is 25.1 Å². The van der Waals surface area contributed by atoms with E-state index in [4.69, 9.17) is 14.2 Å². The number of benzene rings is 1. The van der Waals surface area contributed by atoms with Crippen molar-refractivity contribution < 1.29 is 33.4 Å². The Bertz CT molecular complexity index is 673. The summed E-state index contributed by atoms with van der Waals surface area (Å²) in [5.41, 5.74) is 0.336. The van der Waals surface area contributed by atoms with Gasteiger partial charge in [0.25, 0.3) is 5.91 Å². The van der Waals surface area contributed by atoms with Gasteiger partial charge in [-0.1, -0.05) is 6.08 Å². The second-order valence-electron chi connectivity index (χ2n) is 4.90. The molecule has 0 radical (unpaired) electrons. The number of amides is 1. The molecule has 8 nitrogen and oxygen atoms in total. The summed E-state index contributed by atoms with van der Waals surface area (Å²) in [4.78, 5) is 47.0. The minimum atomic E-state index is -0.657. The van der Waals surface area contributed by atoms with Crippen LogP contribution in [0, 0.1) is 0 Å². The highest BCUT2D eigenvalue weighted by Crippen LogP contribution is 2.17. The summed E-state index contributed by atoms with van der Waals surface area (Å²) in [7, 11) is 0. The van der Waals surface area contributed by atoms with Crippen molar-refractivity contribution in [1.29, 1.82) is 0 Å². The highest BCUT2D eigenvalue weighted by Gasteiger charge is 2.16. The van der Waals surface area contributed by atoms with Crippen LogP contribution >= 0.6 is 0 Å². The number of hydrogen-bond donors (Lipinski definition) is 1. The first-order valence-corrected chi connectivity index (χ1v) is 7.99. The maximum absolute atomic E-state index is 11.9. The predicted molar refractivity (Wildman–Crippen MR) is 92.8 cm³/mol. The summed E-state index contributed by atoms with van der Waals surface area (Å²) in [5.74, 6) is -2.57. The van der Waals surface area contributed by atoms with Crippen molar-refractivity contribution in [3.63, 3.8) is 0 Å². The second kappa shape index (κ2) is 10.7. The quantitative estimate of drug-likeness (QED) is 0.428. The predicted octanol–water partition coefficient (Wildman–Crippen LogP) is 2.10. The van der Waals surface area contributed by atoms with Gasteiger partial charge in [0.1, 0.15) is 0 Å². The van der Waals surface area contributed by atoms with Gasteiger partial charge < -0.3 is 19.5 Å². The zero-order chi connectivity index (χ0) is 19.5. The number of carbonyl (C=O) groups is 4. The van der Waals surface area contributed by atoms with Crippen LogP contribution in [0.2, 0.25) is 0 Å². The molecule has 1 amide bonds. The molecule has 0 bridgehead atoms. The van der Waals surface area contributed by atoms with Crippen molar-refractivity contribution >= 4 is 29.5 Å². The topological polar surface area (TPSA) is 108 Å². The summed E-state index contributed by atoms with van der Waals surface area (Å²) >= 11 is 0. The Morgan fingerprint density at radius 3 is 1.92 bits per heavy atom. The highest BCUT2D eigenvalue weighted by atomic mass is 16.5. The molecule has 140 valence electrons. The molecule has 26 heavy (non-hydrogen) atoms. The van der Waals surface area contributed by atoms with Crippen LogP contribution in [0.15, 0.2) is 30.4 Å². The fraction of sp³-hybridized carbons (Fsp3) is 0.333. The Hall–Kier alpha value is -3.16. The van der Waals surface area contributed by atoms with E-state index in [9.17, 15) is 19.2 Å². The third-order valence-corrected chi connectivity index (χ3v) is 2.89. The standard InChI is InChI=1S/C18H21NO7/c1-4-7-16(21)26-11-15(20)19-14-9-12(17(22)24-5-2)8-13(10-14)18(23)25-6-3/h4,7-10H,5-6,11H2,1-3H3,(H,19,20)/b7-4+. The number of ether oxygens (including phenoxy) is 3. The smallest absolute Gasteiger partial charge is 0.338 e. The first kappa shape index (κ1) is 20.9. The lowest BCUT2D eigenvalue weighted by molar-refractivity contribution is -0.142. The molecule has 0 unspecified atom stereocenters. The average Bonchev–Trinajstić information content (AvgIpc) is 2.60. The molecule has 1 aromatic carbocycles. The van der Waals surface area contributed by atoms with Crippen molar-refractivity contribution in [2.45, 2.75) is 20.8 Å². The minimum absolute atomic E-state index is 0.0821. The van der Waals surface area contributed by atoms with E-state index in [2.05, 4.69) is 5.32 Å². The van der Waals surface area contributed by atoms with Crippen LogP contribution in [0.25, 0.3) is 0 Å². The highest BCUT2D eigenvalue weighted by molar-refractivity contribution is 6.00. The molecule has 0 aliphatic carbocycles. The molecule has 0 aromatic heterocycles.